The molecule has 1 aliphatic heterocycles. The van der Waals surface area contributed by atoms with Crippen LogP contribution in [0, 0.1) is 24.7 Å². The summed E-state index contributed by atoms with van der Waals surface area (Å²) in [5, 5.41) is 17.7. The van der Waals surface area contributed by atoms with Crippen LogP contribution in [0.1, 0.15) is 29.0 Å². The van der Waals surface area contributed by atoms with Crippen LogP contribution in [-0.2, 0) is 4.79 Å². The van der Waals surface area contributed by atoms with Gasteiger partial charge >= 0.3 is 5.97 Å². The van der Waals surface area contributed by atoms with E-state index in [4.69, 9.17) is 4.74 Å². The number of likely N-dealkylation sites (tertiary alicyclic amines) is 1. The van der Waals surface area contributed by atoms with Crippen molar-refractivity contribution in [3.63, 3.8) is 0 Å². The molecule has 8 nitrogen and oxygen atoms in total. The Labute approximate surface area is 156 Å². The quantitative estimate of drug-likeness (QED) is 0.861. The van der Waals surface area contributed by atoms with Crippen molar-refractivity contribution in [2.75, 3.05) is 20.2 Å². The second-order valence-electron chi connectivity index (χ2n) is 7.29. The van der Waals surface area contributed by atoms with Gasteiger partial charge in [-0.2, -0.15) is 0 Å². The maximum Gasteiger partial charge on any atom is 0.308 e. The Hall–Kier alpha value is -2.90. The number of ether oxygens (including phenoxy) is 1. The third-order valence-electron chi connectivity index (χ3n) is 5.61. The van der Waals surface area contributed by atoms with Crippen molar-refractivity contribution in [3.8, 4) is 11.4 Å². The predicted molar refractivity (Wildman–Crippen MR) is 95.9 cm³/mol. The molecular weight excluding hydrogens is 348 g/mol. The first-order valence-corrected chi connectivity index (χ1v) is 9.08. The number of aliphatic carboxylic acids is 1. The van der Waals surface area contributed by atoms with Crippen molar-refractivity contribution in [1.29, 1.82) is 0 Å². The van der Waals surface area contributed by atoms with Crippen LogP contribution in [0.5, 0.6) is 5.75 Å². The summed E-state index contributed by atoms with van der Waals surface area (Å²) in [6.07, 6.45) is 2.12. The first kappa shape index (κ1) is 17.5. The van der Waals surface area contributed by atoms with Crippen molar-refractivity contribution < 1.29 is 19.4 Å². The first-order valence-electron chi connectivity index (χ1n) is 9.08. The topological polar surface area (TPSA) is 97.5 Å². The standard InChI is InChI=1S/C19H22N4O4/c1-11-17(20-21-23(11)13-5-7-14(27-2)8-6-13)18(24)22-9-15(12-3-4-12)16(10-22)19(25)26/h5-8,12,15-16H,3-4,9-10H2,1-2H3,(H,25,26)/t15-,16+/m1/s1. The summed E-state index contributed by atoms with van der Waals surface area (Å²) < 4.78 is 6.76. The number of nitrogens with zero attached hydrogens (tertiary/aromatic N) is 4. The number of amides is 1. The van der Waals surface area contributed by atoms with Gasteiger partial charge in [-0.1, -0.05) is 5.21 Å². The van der Waals surface area contributed by atoms with Gasteiger partial charge in [-0.05, 0) is 55.9 Å². The van der Waals surface area contributed by atoms with Crippen LogP contribution >= 0.6 is 0 Å². The summed E-state index contributed by atoms with van der Waals surface area (Å²) in [4.78, 5) is 26.2. The zero-order chi connectivity index (χ0) is 19.1. The van der Waals surface area contributed by atoms with Gasteiger partial charge in [0.15, 0.2) is 5.69 Å². The summed E-state index contributed by atoms with van der Waals surface area (Å²) in [5.74, 6) is -0.347. The van der Waals surface area contributed by atoms with E-state index < -0.39 is 11.9 Å². The Morgan fingerprint density at radius 1 is 1.19 bits per heavy atom. The zero-order valence-corrected chi connectivity index (χ0v) is 15.3. The van der Waals surface area contributed by atoms with E-state index in [2.05, 4.69) is 10.3 Å². The molecule has 142 valence electrons. The highest BCUT2D eigenvalue weighted by molar-refractivity contribution is 5.94. The van der Waals surface area contributed by atoms with Gasteiger partial charge in [0.25, 0.3) is 5.91 Å². The number of carbonyl (C=O) groups is 2. The number of rotatable bonds is 5. The molecule has 1 saturated carbocycles. The molecule has 0 unspecified atom stereocenters. The maximum atomic E-state index is 13.0. The minimum Gasteiger partial charge on any atom is -0.497 e. The Balaban J connectivity index is 1.56. The summed E-state index contributed by atoms with van der Waals surface area (Å²) in [6, 6.07) is 7.31. The molecule has 8 heteroatoms. The van der Waals surface area contributed by atoms with E-state index in [-0.39, 0.29) is 24.1 Å². The van der Waals surface area contributed by atoms with E-state index in [1.54, 1.807) is 23.6 Å². The molecule has 27 heavy (non-hydrogen) atoms. The Kier molecular flexibility index (Phi) is 4.33. The summed E-state index contributed by atoms with van der Waals surface area (Å²) in [7, 11) is 1.60. The Morgan fingerprint density at radius 2 is 1.89 bits per heavy atom. The van der Waals surface area contributed by atoms with Crippen molar-refractivity contribution in [1.82, 2.24) is 19.9 Å². The molecule has 1 aromatic carbocycles. The van der Waals surface area contributed by atoms with Gasteiger partial charge in [0.2, 0.25) is 0 Å². The molecule has 1 amide bonds. The summed E-state index contributed by atoms with van der Waals surface area (Å²) in [5.41, 5.74) is 1.68. The van der Waals surface area contributed by atoms with E-state index in [0.29, 0.717) is 18.2 Å². The van der Waals surface area contributed by atoms with Crippen LogP contribution in [0.4, 0.5) is 0 Å². The monoisotopic (exact) mass is 370 g/mol. The SMILES string of the molecule is COc1ccc(-n2nnc(C(=O)N3C[C@H](C(=O)O)[C@@H](C4CC4)C3)c2C)cc1. The second-order valence-corrected chi connectivity index (χ2v) is 7.29. The largest absolute Gasteiger partial charge is 0.497 e. The maximum absolute atomic E-state index is 13.0. The number of carboxylic acid groups (broad SMARTS) is 1. The van der Waals surface area contributed by atoms with Gasteiger partial charge in [-0.3, -0.25) is 9.59 Å². The highest BCUT2D eigenvalue weighted by Gasteiger charge is 2.47. The van der Waals surface area contributed by atoms with Gasteiger partial charge in [0, 0.05) is 13.1 Å². The van der Waals surface area contributed by atoms with E-state index in [0.717, 1.165) is 24.3 Å². The molecule has 1 aliphatic carbocycles. The van der Waals surface area contributed by atoms with Crippen molar-refractivity contribution in [2.45, 2.75) is 19.8 Å². The molecular formula is C19H22N4O4. The van der Waals surface area contributed by atoms with Gasteiger partial charge in [0.1, 0.15) is 5.75 Å². The fraction of sp³-hybridized carbons (Fsp3) is 0.474. The number of carboxylic acids is 1. The number of methoxy groups -OCH3 is 1. The molecule has 2 heterocycles. The highest BCUT2D eigenvalue weighted by Crippen LogP contribution is 2.44. The molecule has 0 radical (unpaired) electrons. The van der Waals surface area contributed by atoms with Crippen LogP contribution in [0.2, 0.25) is 0 Å². The summed E-state index contributed by atoms with van der Waals surface area (Å²) >= 11 is 0. The zero-order valence-electron chi connectivity index (χ0n) is 15.3. The smallest absolute Gasteiger partial charge is 0.308 e. The molecule has 1 saturated heterocycles. The van der Waals surface area contributed by atoms with E-state index in [1.807, 2.05) is 24.3 Å². The average Bonchev–Trinajstić information content (AvgIpc) is 3.30. The second kappa shape index (κ2) is 6.68. The molecule has 2 aliphatic rings. The number of carbonyl (C=O) groups excluding carboxylic acids is 1. The lowest BCUT2D eigenvalue weighted by Gasteiger charge is -2.15. The number of hydrogen-bond acceptors (Lipinski definition) is 5. The first-order chi connectivity index (χ1) is 13.0. The lowest BCUT2D eigenvalue weighted by atomic mass is 9.92. The van der Waals surface area contributed by atoms with Crippen LogP contribution < -0.4 is 4.74 Å². The molecule has 4 rings (SSSR count). The third-order valence-corrected chi connectivity index (χ3v) is 5.61. The third kappa shape index (κ3) is 3.15. The van der Waals surface area contributed by atoms with Gasteiger partial charge in [0.05, 0.1) is 24.4 Å². The number of benzene rings is 1. The normalized spacial score (nSPS) is 22.1. The summed E-state index contributed by atoms with van der Waals surface area (Å²) in [6.45, 7) is 2.51. The molecule has 2 fully saturated rings. The van der Waals surface area contributed by atoms with Crippen LogP contribution in [-0.4, -0.2) is 57.1 Å². The lowest BCUT2D eigenvalue weighted by molar-refractivity contribution is -0.142. The van der Waals surface area contributed by atoms with Crippen molar-refractivity contribution in [2.24, 2.45) is 17.8 Å². The fourth-order valence-electron chi connectivity index (χ4n) is 3.90. The van der Waals surface area contributed by atoms with Gasteiger partial charge < -0.3 is 14.7 Å². The minimum atomic E-state index is -0.819. The van der Waals surface area contributed by atoms with Gasteiger partial charge in [-0.15, -0.1) is 5.10 Å². The van der Waals surface area contributed by atoms with Crippen molar-refractivity contribution >= 4 is 11.9 Å². The average molecular weight is 370 g/mol. The molecule has 2 aromatic rings. The van der Waals surface area contributed by atoms with Crippen LogP contribution in [0.3, 0.4) is 0 Å². The number of hydrogen-bond donors (Lipinski definition) is 1. The number of aromatic nitrogens is 3. The van der Waals surface area contributed by atoms with E-state index in [1.165, 1.54) is 0 Å². The molecule has 2 atom stereocenters. The fourth-order valence-corrected chi connectivity index (χ4v) is 3.90. The molecule has 1 N–H and O–H groups in total. The molecule has 1 aromatic heterocycles. The molecule has 0 bridgehead atoms. The van der Waals surface area contributed by atoms with Crippen LogP contribution in [0.25, 0.3) is 5.69 Å². The van der Waals surface area contributed by atoms with Gasteiger partial charge in [-0.25, -0.2) is 4.68 Å². The van der Waals surface area contributed by atoms with Crippen molar-refractivity contribution in [3.05, 3.63) is 35.7 Å². The highest BCUT2D eigenvalue weighted by atomic mass is 16.5. The predicted octanol–water partition coefficient (Wildman–Crippen LogP) is 1.77. The van der Waals surface area contributed by atoms with Crippen LogP contribution in [0.15, 0.2) is 24.3 Å². The lowest BCUT2D eigenvalue weighted by Crippen LogP contribution is -2.30. The minimum absolute atomic E-state index is 0.0448. The van der Waals surface area contributed by atoms with E-state index >= 15 is 0 Å². The van der Waals surface area contributed by atoms with E-state index in [9.17, 15) is 14.7 Å². The Morgan fingerprint density at radius 3 is 2.48 bits per heavy atom. The Bertz CT molecular complexity index is 872. The molecule has 0 spiro atoms.